The van der Waals surface area contributed by atoms with Crippen LogP contribution < -0.4 is 5.32 Å². The maximum Gasteiger partial charge on any atom is 0.328 e. The number of carbonyl (C=O) groups is 2. The Morgan fingerprint density at radius 2 is 1.54 bits per heavy atom. The topological polar surface area (TPSA) is 55.4 Å². The van der Waals surface area contributed by atoms with E-state index in [0.717, 1.165) is 18.4 Å². The molecule has 126 valence electrons. The zero-order valence-corrected chi connectivity index (χ0v) is 13.9. The molecule has 4 heteroatoms. The standard InChI is InChI=1S/C20H23NO3/c1-24-20(23)18(14-8-13-16-9-4-2-5-10-16)21-19(22)15-17-11-6-3-7-12-17/h2-7,9-12,18H,8,13-15H2,1H3,(H,21,22)/t18-/m1/s1. The van der Waals surface area contributed by atoms with Crippen molar-refractivity contribution in [2.45, 2.75) is 31.7 Å². The van der Waals surface area contributed by atoms with Crippen LogP contribution in [-0.2, 0) is 27.2 Å². The fourth-order valence-corrected chi connectivity index (χ4v) is 2.57. The molecule has 0 aliphatic rings. The highest BCUT2D eigenvalue weighted by Gasteiger charge is 2.21. The Morgan fingerprint density at radius 3 is 2.12 bits per heavy atom. The van der Waals surface area contributed by atoms with E-state index in [0.29, 0.717) is 6.42 Å². The normalized spacial score (nSPS) is 11.5. The Balaban J connectivity index is 1.85. The molecule has 2 rings (SSSR count). The highest BCUT2D eigenvalue weighted by Crippen LogP contribution is 2.08. The number of rotatable bonds is 8. The van der Waals surface area contributed by atoms with Gasteiger partial charge in [-0.05, 0) is 30.4 Å². The van der Waals surface area contributed by atoms with Crippen LogP contribution in [0.2, 0.25) is 0 Å². The van der Waals surface area contributed by atoms with E-state index in [1.807, 2.05) is 48.5 Å². The number of hydrogen-bond donors (Lipinski definition) is 1. The summed E-state index contributed by atoms with van der Waals surface area (Å²) in [6, 6.07) is 18.9. The first-order valence-corrected chi connectivity index (χ1v) is 8.14. The number of hydrogen-bond acceptors (Lipinski definition) is 3. The van der Waals surface area contributed by atoms with Gasteiger partial charge in [0.2, 0.25) is 5.91 Å². The average molecular weight is 325 g/mol. The first-order chi connectivity index (χ1) is 11.7. The first-order valence-electron chi connectivity index (χ1n) is 8.14. The van der Waals surface area contributed by atoms with Gasteiger partial charge in [0.25, 0.3) is 0 Å². The second kappa shape index (κ2) is 9.50. The van der Waals surface area contributed by atoms with Gasteiger partial charge in [0.1, 0.15) is 6.04 Å². The van der Waals surface area contributed by atoms with Crippen molar-refractivity contribution in [1.82, 2.24) is 5.32 Å². The van der Waals surface area contributed by atoms with Crippen LogP contribution in [0.1, 0.15) is 24.0 Å². The molecule has 0 saturated heterocycles. The van der Waals surface area contributed by atoms with Crippen LogP contribution in [0.5, 0.6) is 0 Å². The summed E-state index contributed by atoms with van der Waals surface area (Å²) in [6.45, 7) is 0. The van der Waals surface area contributed by atoms with E-state index in [9.17, 15) is 9.59 Å². The van der Waals surface area contributed by atoms with Crippen LogP contribution in [0, 0.1) is 0 Å². The van der Waals surface area contributed by atoms with E-state index >= 15 is 0 Å². The molecular formula is C20H23NO3. The molecule has 2 aromatic rings. The number of nitrogens with one attached hydrogen (secondary N) is 1. The summed E-state index contributed by atoms with van der Waals surface area (Å²) in [5.74, 6) is -0.569. The minimum atomic E-state index is -0.602. The summed E-state index contributed by atoms with van der Waals surface area (Å²) in [5, 5.41) is 2.79. The molecule has 0 aliphatic carbocycles. The molecule has 1 N–H and O–H groups in total. The minimum absolute atomic E-state index is 0.170. The largest absolute Gasteiger partial charge is 0.467 e. The lowest BCUT2D eigenvalue weighted by atomic mass is 10.0. The Bertz CT molecular complexity index is 640. The van der Waals surface area contributed by atoms with Crippen LogP contribution in [0.15, 0.2) is 60.7 Å². The number of carbonyl (C=O) groups excluding carboxylic acids is 2. The third-order valence-corrected chi connectivity index (χ3v) is 3.83. The molecule has 2 aromatic carbocycles. The van der Waals surface area contributed by atoms with Gasteiger partial charge in [-0.25, -0.2) is 4.79 Å². The van der Waals surface area contributed by atoms with Crippen molar-refractivity contribution in [2.75, 3.05) is 7.11 Å². The predicted molar refractivity (Wildman–Crippen MR) is 93.5 cm³/mol. The Morgan fingerprint density at radius 1 is 0.958 bits per heavy atom. The van der Waals surface area contributed by atoms with Gasteiger partial charge in [0, 0.05) is 0 Å². The van der Waals surface area contributed by atoms with Crippen LogP contribution in [0.3, 0.4) is 0 Å². The molecule has 0 heterocycles. The van der Waals surface area contributed by atoms with Gasteiger partial charge in [-0.2, -0.15) is 0 Å². The van der Waals surface area contributed by atoms with E-state index in [1.54, 1.807) is 0 Å². The van der Waals surface area contributed by atoms with Crippen LogP contribution in [0.25, 0.3) is 0 Å². The summed E-state index contributed by atoms with van der Waals surface area (Å²) in [5.41, 5.74) is 2.14. The maximum absolute atomic E-state index is 12.2. The lowest BCUT2D eigenvalue weighted by Crippen LogP contribution is -2.42. The molecule has 1 atom stereocenters. The molecule has 0 fully saturated rings. The smallest absolute Gasteiger partial charge is 0.328 e. The predicted octanol–water partition coefficient (Wildman–Crippen LogP) is 2.91. The summed E-state index contributed by atoms with van der Waals surface area (Å²) in [6.07, 6.45) is 2.48. The number of benzene rings is 2. The number of ether oxygens (including phenoxy) is 1. The molecule has 24 heavy (non-hydrogen) atoms. The van der Waals surface area contributed by atoms with Gasteiger partial charge in [-0.1, -0.05) is 60.7 Å². The fourth-order valence-electron chi connectivity index (χ4n) is 2.57. The molecule has 0 aromatic heterocycles. The van der Waals surface area contributed by atoms with Gasteiger partial charge in [-0.15, -0.1) is 0 Å². The zero-order valence-electron chi connectivity index (χ0n) is 13.9. The summed E-state index contributed by atoms with van der Waals surface area (Å²) in [4.78, 5) is 24.1. The van der Waals surface area contributed by atoms with E-state index in [1.165, 1.54) is 12.7 Å². The molecule has 0 radical (unpaired) electrons. The van der Waals surface area contributed by atoms with Gasteiger partial charge in [0.05, 0.1) is 13.5 Å². The molecule has 0 saturated carbocycles. The Kier molecular flexibility index (Phi) is 7.02. The lowest BCUT2D eigenvalue weighted by molar-refractivity contribution is -0.145. The fraction of sp³-hybridized carbons (Fsp3) is 0.300. The third-order valence-electron chi connectivity index (χ3n) is 3.83. The maximum atomic E-state index is 12.2. The lowest BCUT2D eigenvalue weighted by Gasteiger charge is -2.16. The molecule has 0 spiro atoms. The molecule has 1 amide bonds. The highest BCUT2D eigenvalue weighted by molar-refractivity contribution is 5.85. The van der Waals surface area contributed by atoms with Crippen molar-refractivity contribution in [2.24, 2.45) is 0 Å². The van der Waals surface area contributed by atoms with Crippen LogP contribution in [-0.4, -0.2) is 25.0 Å². The number of aryl methyl sites for hydroxylation is 1. The van der Waals surface area contributed by atoms with Gasteiger partial charge in [-0.3, -0.25) is 4.79 Å². The Hall–Kier alpha value is -2.62. The SMILES string of the molecule is COC(=O)[C@@H](CCCc1ccccc1)NC(=O)Cc1ccccc1. The van der Waals surface area contributed by atoms with Crippen molar-refractivity contribution < 1.29 is 14.3 Å². The van der Waals surface area contributed by atoms with Crippen molar-refractivity contribution in [3.8, 4) is 0 Å². The van der Waals surface area contributed by atoms with Crippen molar-refractivity contribution in [1.29, 1.82) is 0 Å². The Labute approximate surface area is 142 Å². The molecule has 0 unspecified atom stereocenters. The highest BCUT2D eigenvalue weighted by atomic mass is 16.5. The number of esters is 1. The number of methoxy groups -OCH3 is 1. The van der Waals surface area contributed by atoms with Crippen molar-refractivity contribution >= 4 is 11.9 Å². The van der Waals surface area contributed by atoms with Gasteiger partial charge in [0.15, 0.2) is 0 Å². The number of amides is 1. The van der Waals surface area contributed by atoms with Crippen molar-refractivity contribution in [3.63, 3.8) is 0 Å². The van der Waals surface area contributed by atoms with E-state index in [4.69, 9.17) is 4.74 Å². The van der Waals surface area contributed by atoms with Crippen LogP contribution in [0.4, 0.5) is 0 Å². The first kappa shape index (κ1) is 17.7. The zero-order chi connectivity index (χ0) is 17.2. The summed E-state index contributed by atoms with van der Waals surface area (Å²) in [7, 11) is 1.34. The molecule has 4 nitrogen and oxygen atoms in total. The molecule has 0 aliphatic heterocycles. The molecular weight excluding hydrogens is 302 g/mol. The second-order valence-corrected chi connectivity index (χ2v) is 5.68. The van der Waals surface area contributed by atoms with E-state index in [-0.39, 0.29) is 12.3 Å². The minimum Gasteiger partial charge on any atom is -0.467 e. The van der Waals surface area contributed by atoms with Gasteiger partial charge < -0.3 is 10.1 Å². The monoisotopic (exact) mass is 325 g/mol. The average Bonchev–Trinajstić information content (AvgIpc) is 2.62. The third kappa shape index (κ3) is 5.88. The van der Waals surface area contributed by atoms with E-state index in [2.05, 4.69) is 17.4 Å². The van der Waals surface area contributed by atoms with Crippen LogP contribution >= 0.6 is 0 Å². The second-order valence-electron chi connectivity index (χ2n) is 5.68. The summed E-state index contributed by atoms with van der Waals surface area (Å²) >= 11 is 0. The van der Waals surface area contributed by atoms with Crippen molar-refractivity contribution in [3.05, 3.63) is 71.8 Å². The van der Waals surface area contributed by atoms with Gasteiger partial charge >= 0.3 is 5.97 Å². The molecule has 0 bridgehead atoms. The van der Waals surface area contributed by atoms with E-state index < -0.39 is 12.0 Å². The summed E-state index contributed by atoms with van der Waals surface area (Å²) < 4.78 is 4.81. The quantitative estimate of drug-likeness (QED) is 0.759.